The number of rotatable bonds is 11. The van der Waals surface area contributed by atoms with E-state index in [4.69, 9.17) is 15.5 Å². The number of halogens is 3. The molecular weight excluding hydrogens is 661 g/mol. The number of nitrogens with zero attached hydrogens (tertiary/aromatic N) is 3. The lowest BCUT2D eigenvalue weighted by atomic mass is 9.78. The van der Waals surface area contributed by atoms with Crippen molar-refractivity contribution >= 4 is 29.2 Å². The van der Waals surface area contributed by atoms with Crippen LogP contribution in [0.5, 0.6) is 0 Å². The van der Waals surface area contributed by atoms with Crippen molar-refractivity contribution in [2.45, 2.75) is 44.6 Å². The Morgan fingerprint density at radius 3 is 2.41 bits per heavy atom. The highest BCUT2D eigenvalue weighted by atomic mass is 19.4. The van der Waals surface area contributed by atoms with Crippen molar-refractivity contribution < 1.29 is 35.1 Å². The molecule has 272 valence electrons. The maximum atomic E-state index is 14.3. The third-order valence-corrected chi connectivity index (χ3v) is 8.91. The molecule has 2 saturated heterocycles. The molecule has 3 aromatic rings. The number of amides is 3. The normalized spacial score (nSPS) is 19.9. The smallest absolute Gasteiger partial charge is 0.402 e. The van der Waals surface area contributed by atoms with Gasteiger partial charge in [0.05, 0.1) is 30.5 Å². The topological polar surface area (TPSA) is 129 Å². The molecule has 4 N–H and O–H groups in total. The minimum atomic E-state index is -4.67. The number of alkyl halides is 3. The number of benzene rings is 3. The van der Waals surface area contributed by atoms with E-state index in [2.05, 4.69) is 17.2 Å². The number of amidine groups is 1. The number of carbonyl (C=O) groups is 3. The first-order chi connectivity index (χ1) is 24.3. The molecule has 0 spiro atoms. The Hall–Kier alpha value is -5.27. The fourth-order valence-electron chi connectivity index (χ4n) is 6.09. The van der Waals surface area contributed by atoms with Crippen LogP contribution < -0.4 is 16.4 Å². The molecule has 2 heterocycles. The largest absolute Gasteiger partial charge is 0.416 e. The molecule has 2 aliphatic rings. The fourth-order valence-corrected chi connectivity index (χ4v) is 6.09. The molecule has 13 heteroatoms. The zero-order valence-corrected chi connectivity index (χ0v) is 28.7. The molecule has 0 aliphatic carbocycles. The maximum absolute atomic E-state index is 14.3. The van der Waals surface area contributed by atoms with Gasteiger partial charge in [0.1, 0.15) is 11.9 Å². The number of likely N-dealkylation sites (N-methyl/N-ethyl adjacent to an activating group) is 2. The van der Waals surface area contributed by atoms with Crippen LogP contribution in [-0.2, 0) is 27.0 Å². The molecule has 51 heavy (non-hydrogen) atoms. The number of hydrogen-bond acceptors (Lipinski definition) is 7. The number of allylic oxidation sites excluding steroid dienone is 1. The Morgan fingerprint density at radius 2 is 1.78 bits per heavy atom. The van der Waals surface area contributed by atoms with Crippen molar-refractivity contribution in [1.82, 2.24) is 20.4 Å². The zero-order valence-electron chi connectivity index (χ0n) is 28.7. The van der Waals surface area contributed by atoms with E-state index in [1.807, 2.05) is 18.0 Å². The van der Waals surface area contributed by atoms with E-state index in [9.17, 15) is 27.6 Å². The molecule has 3 aromatic carbocycles. The summed E-state index contributed by atoms with van der Waals surface area (Å²) >= 11 is 0. The number of nitrogens with two attached hydrogens (primary N) is 1. The summed E-state index contributed by atoms with van der Waals surface area (Å²) in [7, 11) is 1.91. The van der Waals surface area contributed by atoms with Gasteiger partial charge in [-0.15, -0.1) is 0 Å². The lowest BCUT2D eigenvalue weighted by molar-refractivity contribution is -0.137. The summed E-state index contributed by atoms with van der Waals surface area (Å²) in [5.41, 5.74) is 8.33. The minimum Gasteiger partial charge on any atom is -0.402 e. The molecule has 3 amide bonds. The molecule has 0 radical (unpaired) electrons. The number of hydrogen-bond donors (Lipinski definition) is 3. The van der Waals surface area contributed by atoms with Crippen LogP contribution in [0.15, 0.2) is 107 Å². The third kappa shape index (κ3) is 8.55. The van der Waals surface area contributed by atoms with Crippen molar-refractivity contribution in [2.24, 2.45) is 10.7 Å². The molecule has 2 fully saturated rings. The van der Waals surface area contributed by atoms with E-state index in [-0.39, 0.29) is 33.5 Å². The van der Waals surface area contributed by atoms with Gasteiger partial charge in [-0.1, -0.05) is 55.1 Å². The van der Waals surface area contributed by atoms with E-state index in [0.717, 1.165) is 18.2 Å². The standard InChI is InChI=1S/C38H41F3N6O4.2H2/c1-5-47-34(44-29-15-7-6-8-16-29)31(24(3)42)32(33(37(47)50)45-36(49)27-13-10-14-28(18-27)38(39,40)41)26-12-9-11-25(17-26)19-43-35(48)23(2)20-46(4)30-21-51-22-30;;/h6-18,30,32-33H,2,5,19-22,42H2,1,3-4H3,(H,43,48)(H,45,49);2*1H/b31-24-,44-34?;;/t32-,33+;;/m0../s1. The molecule has 2 aliphatic heterocycles. The van der Waals surface area contributed by atoms with Gasteiger partial charge in [-0.05, 0) is 62.4 Å². The van der Waals surface area contributed by atoms with Crippen LogP contribution in [0.2, 0.25) is 0 Å². The van der Waals surface area contributed by atoms with Crippen molar-refractivity contribution in [2.75, 3.05) is 33.4 Å². The second kappa shape index (κ2) is 15.7. The van der Waals surface area contributed by atoms with Gasteiger partial charge >= 0.3 is 6.18 Å². The second-order valence-electron chi connectivity index (χ2n) is 12.6. The molecule has 5 rings (SSSR count). The van der Waals surface area contributed by atoms with Crippen LogP contribution in [0.3, 0.4) is 0 Å². The van der Waals surface area contributed by atoms with Crippen LogP contribution in [0, 0.1) is 0 Å². The number of ether oxygens (including phenoxy) is 1. The Balaban J connectivity index is 0.00000378. The first-order valence-corrected chi connectivity index (χ1v) is 16.5. The zero-order chi connectivity index (χ0) is 36.9. The Morgan fingerprint density at radius 1 is 1.08 bits per heavy atom. The summed E-state index contributed by atoms with van der Waals surface area (Å²) in [5, 5.41) is 5.63. The van der Waals surface area contributed by atoms with E-state index >= 15 is 0 Å². The Labute approximate surface area is 297 Å². The van der Waals surface area contributed by atoms with Crippen LogP contribution in [0.4, 0.5) is 18.9 Å². The Bertz CT molecular complexity index is 1860. The molecule has 0 bridgehead atoms. The molecule has 2 atom stereocenters. The van der Waals surface area contributed by atoms with Gasteiger partial charge in [0.2, 0.25) is 5.91 Å². The maximum Gasteiger partial charge on any atom is 0.416 e. The molecule has 0 saturated carbocycles. The molecule has 0 unspecified atom stereocenters. The van der Waals surface area contributed by atoms with Gasteiger partial charge in [0.15, 0.2) is 0 Å². The number of carbonyl (C=O) groups excluding carboxylic acids is 3. The third-order valence-electron chi connectivity index (χ3n) is 8.91. The van der Waals surface area contributed by atoms with Crippen molar-refractivity contribution in [3.8, 4) is 0 Å². The summed E-state index contributed by atoms with van der Waals surface area (Å²) in [4.78, 5) is 49.2. The van der Waals surface area contributed by atoms with Gasteiger partial charge in [-0.25, -0.2) is 4.99 Å². The average molecular weight is 707 g/mol. The van der Waals surface area contributed by atoms with Gasteiger partial charge < -0.3 is 21.1 Å². The summed E-state index contributed by atoms with van der Waals surface area (Å²) in [6.45, 7) is 9.26. The lowest BCUT2D eigenvalue weighted by Gasteiger charge is -2.41. The SMILES string of the molecule is C=C(CN(C)C1COC1)C(=O)NCc1cccc([C@H]2/C(=C(\C)N)C(=Nc3ccccc3)N(CC)C(=O)[C@@H]2NC(=O)c2cccc(C(F)(F)F)c2)c1.[HH].[HH]. The first-order valence-electron chi connectivity index (χ1n) is 16.5. The van der Waals surface area contributed by atoms with E-state index in [1.54, 1.807) is 62.4 Å². The molecular formula is C38H45F3N6O4. The van der Waals surface area contributed by atoms with Crippen molar-refractivity contribution in [3.63, 3.8) is 0 Å². The van der Waals surface area contributed by atoms with Gasteiger partial charge in [-0.2, -0.15) is 13.2 Å². The summed E-state index contributed by atoms with van der Waals surface area (Å²) in [6.07, 6.45) is -4.67. The van der Waals surface area contributed by atoms with E-state index in [1.165, 1.54) is 11.0 Å². The van der Waals surface area contributed by atoms with Crippen molar-refractivity contribution in [1.29, 1.82) is 0 Å². The summed E-state index contributed by atoms with van der Waals surface area (Å²) in [6, 6.07) is 19.1. The van der Waals surface area contributed by atoms with Crippen LogP contribution in [0.25, 0.3) is 0 Å². The Kier molecular flexibility index (Phi) is 11.4. The highest BCUT2D eigenvalue weighted by molar-refractivity contribution is 6.15. The number of nitrogens with one attached hydrogen (secondary N) is 2. The summed E-state index contributed by atoms with van der Waals surface area (Å²) < 4.78 is 45.8. The first kappa shape index (κ1) is 37.0. The number of likely N-dealkylation sites (tertiary alicyclic amines) is 1. The highest BCUT2D eigenvalue weighted by Crippen LogP contribution is 2.38. The summed E-state index contributed by atoms with van der Waals surface area (Å²) in [5.74, 6) is -2.30. The second-order valence-corrected chi connectivity index (χ2v) is 12.6. The monoisotopic (exact) mass is 706 g/mol. The van der Waals surface area contributed by atoms with Crippen LogP contribution in [0.1, 0.15) is 49.7 Å². The van der Waals surface area contributed by atoms with Gasteiger partial charge in [-0.3, -0.25) is 24.2 Å². The predicted octanol–water partition coefficient (Wildman–Crippen LogP) is 5.41. The van der Waals surface area contributed by atoms with Crippen LogP contribution >= 0.6 is 0 Å². The number of piperidine rings is 1. The fraction of sp³-hybridized carbons (Fsp3) is 0.316. The van der Waals surface area contributed by atoms with E-state index < -0.39 is 35.5 Å². The molecule has 0 aromatic heterocycles. The van der Waals surface area contributed by atoms with Gasteiger partial charge in [0, 0.05) is 50.8 Å². The number of para-hydroxylation sites is 1. The van der Waals surface area contributed by atoms with Gasteiger partial charge in [0.25, 0.3) is 11.8 Å². The quantitative estimate of drug-likeness (QED) is 0.229. The van der Waals surface area contributed by atoms with Crippen LogP contribution in [-0.4, -0.2) is 78.8 Å². The van der Waals surface area contributed by atoms with E-state index in [0.29, 0.717) is 59.3 Å². The predicted molar refractivity (Wildman–Crippen MR) is 192 cm³/mol. The van der Waals surface area contributed by atoms with Crippen molar-refractivity contribution in [3.05, 3.63) is 125 Å². The lowest BCUT2D eigenvalue weighted by Crippen LogP contribution is -2.59. The minimum absolute atomic E-state index is 0. The highest BCUT2D eigenvalue weighted by Gasteiger charge is 2.46. The average Bonchev–Trinajstić information content (AvgIpc) is 3.07. The molecule has 10 nitrogen and oxygen atoms in total. The number of aliphatic imine (C=N–C) groups is 1.